The van der Waals surface area contributed by atoms with Crippen molar-refractivity contribution in [3.8, 4) is 6.07 Å². The molecule has 0 amide bonds. The van der Waals surface area contributed by atoms with Crippen LogP contribution in [0.4, 0.5) is 0 Å². The molecule has 0 spiro atoms. The summed E-state index contributed by atoms with van der Waals surface area (Å²) in [4.78, 5) is 10.8. The monoisotopic (exact) mass is 175 g/mol. The molecule has 1 aromatic rings. The molecule has 0 aliphatic carbocycles. The van der Waals surface area contributed by atoms with Crippen molar-refractivity contribution < 1.29 is 9.90 Å². The van der Waals surface area contributed by atoms with Crippen LogP contribution >= 0.6 is 0 Å². The van der Waals surface area contributed by atoms with Crippen molar-refractivity contribution in [2.45, 2.75) is 12.3 Å². The number of nitrogens with zero attached hydrogens (tertiary/aromatic N) is 1. The average molecular weight is 175 g/mol. The molecule has 0 unspecified atom stereocenters. The topological polar surface area (TPSA) is 61.1 Å². The van der Waals surface area contributed by atoms with Crippen molar-refractivity contribution in [1.29, 1.82) is 5.26 Å². The minimum Gasteiger partial charge on any atom is -0.480 e. The molecule has 13 heavy (non-hydrogen) atoms. The number of rotatable bonds is 2. The third-order valence-corrected chi connectivity index (χ3v) is 2.00. The molecule has 0 aliphatic rings. The summed E-state index contributed by atoms with van der Waals surface area (Å²) in [6.07, 6.45) is 0. The molecule has 3 heteroatoms. The Morgan fingerprint density at radius 1 is 1.46 bits per heavy atom. The molecule has 3 nitrogen and oxygen atoms in total. The molecular weight excluding hydrogens is 166 g/mol. The maximum Gasteiger partial charge on any atom is 0.328 e. The van der Waals surface area contributed by atoms with E-state index in [0.717, 1.165) is 0 Å². The van der Waals surface area contributed by atoms with E-state index in [2.05, 4.69) is 0 Å². The Labute approximate surface area is 76.2 Å². The molecule has 0 bridgehead atoms. The van der Waals surface area contributed by atoms with E-state index in [9.17, 15) is 4.79 Å². The van der Waals surface area contributed by atoms with Crippen molar-refractivity contribution in [2.24, 2.45) is 0 Å². The molecule has 0 radical (unpaired) electrons. The molecule has 1 N–H and O–H groups in total. The molecule has 0 heterocycles. The highest BCUT2D eigenvalue weighted by Gasteiger charge is 2.34. The predicted molar refractivity (Wildman–Crippen MR) is 47.0 cm³/mol. The predicted octanol–water partition coefficient (Wildman–Crippen LogP) is 1.55. The number of carbonyl (C=O) groups is 1. The van der Waals surface area contributed by atoms with Gasteiger partial charge in [0.2, 0.25) is 0 Å². The summed E-state index contributed by atoms with van der Waals surface area (Å²) in [7, 11) is 0. The summed E-state index contributed by atoms with van der Waals surface area (Å²) in [5.74, 6) is -1.12. The molecule has 0 aliphatic heterocycles. The summed E-state index contributed by atoms with van der Waals surface area (Å²) in [6, 6.07) is 10.3. The van der Waals surface area contributed by atoms with E-state index in [1.807, 2.05) is 0 Å². The Morgan fingerprint density at radius 2 is 2.00 bits per heavy atom. The minimum absolute atomic E-state index is 0.505. The maximum atomic E-state index is 10.8. The zero-order chi connectivity index (χ0) is 9.90. The van der Waals surface area contributed by atoms with Crippen LogP contribution in [-0.2, 0) is 10.2 Å². The molecule has 1 rings (SSSR count). The second-order valence-electron chi connectivity index (χ2n) is 2.91. The van der Waals surface area contributed by atoms with Gasteiger partial charge in [-0.25, -0.2) is 0 Å². The van der Waals surface area contributed by atoms with E-state index in [0.29, 0.717) is 5.56 Å². The lowest BCUT2D eigenvalue weighted by Crippen LogP contribution is -2.30. The van der Waals surface area contributed by atoms with Gasteiger partial charge in [-0.1, -0.05) is 30.3 Å². The van der Waals surface area contributed by atoms with E-state index in [1.165, 1.54) is 6.92 Å². The van der Waals surface area contributed by atoms with Gasteiger partial charge in [-0.3, -0.25) is 4.79 Å². The summed E-state index contributed by atoms with van der Waals surface area (Å²) in [5.41, 5.74) is -0.939. The summed E-state index contributed by atoms with van der Waals surface area (Å²) >= 11 is 0. The van der Waals surface area contributed by atoms with Crippen molar-refractivity contribution in [3.63, 3.8) is 0 Å². The largest absolute Gasteiger partial charge is 0.480 e. The average Bonchev–Trinajstić information content (AvgIpc) is 2.17. The van der Waals surface area contributed by atoms with Crippen LogP contribution in [-0.4, -0.2) is 11.1 Å². The molecule has 0 aromatic heterocycles. The van der Waals surface area contributed by atoms with Gasteiger partial charge in [-0.15, -0.1) is 0 Å². The Morgan fingerprint density at radius 3 is 2.38 bits per heavy atom. The van der Waals surface area contributed by atoms with E-state index in [-0.39, 0.29) is 0 Å². The summed E-state index contributed by atoms with van der Waals surface area (Å²) in [5, 5.41) is 17.6. The lowest BCUT2D eigenvalue weighted by molar-refractivity contribution is -0.141. The third-order valence-electron chi connectivity index (χ3n) is 2.00. The first-order valence-electron chi connectivity index (χ1n) is 3.81. The van der Waals surface area contributed by atoms with E-state index in [1.54, 1.807) is 36.4 Å². The molecular formula is C10H9NO2. The normalized spacial score (nSPS) is 14.2. The molecule has 0 fully saturated rings. The van der Waals surface area contributed by atoms with Crippen molar-refractivity contribution in [2.75, 3.05) is 0 Å². The SMILES string of the molecule is C[C@@](C#N)(C(=O)O)c1ccccc1. The first-order chi connectivity index (χ1) is 6.11. The van der Waals surface area contributed by atoms with Crippen LogP contribution < -0.4 is 0 Å². The molecule has 0 saturated carbocycles. The van der Waals surface area contributed by atoms with Gasteiger partial charge in [0.25, 0.3) is 0 Å². The Hall–Kier alpha value is -1.82. The number of hydrogen-bond acceptors (Lipinski definition) is 2. The fourth-order valence-electron chi connectivity index (χ4n) is 1.01. The lowest BCUT2D eigenvalue weighted by atomic mass is 9.84. The zero-order valence-corrected chi connectivity index (χ0v) is 7.19. The van der Waals surface area contributed by atoms with Gasteiger partial charge < -0.3 is 5.11 Å². The standard InChI is InChI=1S/C10H9NO2/c1-10(7-11,9(12)13)8-5-3-2-4-6-8/h2-6H,1H3,(H,12,13)/t10-/m0/s1. The Balaban J connectivity index is 3.21. The van der Waals surface area contributed by atoms with E-state index in [4.69, 9.17) is 10.4 Å². The number of hydrogen-bond donors (Lipinski definition) is 1. The second kappa shape index (κ2) is 3.28. The minimum atomic E-state index is -1.44. The van der Waals surface area contributed by atoms with Gasteiger partial charge >= 0.3 is 5.97 Å². The highest BCUT2D eigenvalue weighted by atomic mass is 16.4. The lowest BCUT2D eigenvalue weighted by Gasteiger charge is -2.15. The first-order valence-corrected chi connectivity index (χ1v) is 3.81. The number of carboxylic acid groups (broad SMARTS) is 1. The molecule has 66 valence electrons. The van der Waals surface area contributed by atoms with Gasteiger partial charge in [0.1, 0.15) is 0 Å². The van der Waals surface area contributed by atoms with Crippen LogP contribution in [0.1, 0.15) is 12.5 Å². The number of benzene rings is 1. The van der Waals surface area contributed by atoms with Crippen LogP contribution in [0, 0.1) is 11.3 Å². The Kier molecular flexibility index (Phi) is 2.34. The summed E-state index contributed by atoms with van der Waals surface area (Å²) in [6.45, 7) is 1.39. The smallest absolute Gasteiger partial charge is 0.328 e. The fraction of sp³-hybridized carbons (Fsp3) is 0.200. The number of nitriles is 1. The molecule has 1 atom stereocenters. The maximum absolute atomic E-state index is 10.8. The molecule has 1 aromatic carbocycles. The van der Waals surface area contributed by atoms with E-state index >= 15 is 0 Å². The van der Waals surface area contributed by atoms with Crippen molar-refractivity contribution in [3.05, 3.63) is 35.9 Å². The Bertz CT molecular complexity index is 353. The van der Waals surface area contributed by atoms with Gasteiger partial charge in [-0.2, -0.15) is 5.26 Å². The van der Waals surface area contributed by atoms with E-state index < -0.39 is 11.4 Å². The fourth-order valence-corrected chi connectivity index (χ4v) is 1.01. The van der Waals surface area contributed by atoms with Crippen LogP contribution in [0.25, 0.3) is 0 Å². The second-order valence-corrected chi connectivity index (χ2v) is 2.91. The van der Waals surface area contributed by atoms with Crippen LogP contribution in [0.2, 0.25) is 0 Å². The van der Waals surface area contributed by atoms with Gasteiger partial charge in [0.15, 0.2) is 5.41 Å². The van der Waals surface area contributed by atoms with Gasteiger partial charge in [-0.05, 0) is 12.5 Å². The zero-order valence-electron chi connectivity index (χ0n) is 7.19. The third kappa shape index (κ3) is 1.52. The van der Waals surface area contributed by atoms with Crippen LogP contribution in [0.3, 0.4) is 0 Å². The molecule has 0 saturated heterocycles. The summed E-state index contributed by atoms with van der Waals surface area (Å²) < 4.78 is 0. The number of carboxylic acids is 1. The first kappa shape index (κ1) is 9.27. The quantitative estimate of drug-likeness (QED) is 0.741. The number of aliphatic carboxylic acids is 1. The van der Waals surface area contributed by atoms with Gasteiger partial charge in [0.05, 0.1) is 6.07 Å². The van der Waals surface area contributed by atoms with Crippen LogP contribution in [0.5, 0.6) is 0 Å². The highest BCUT2D eigenvalue weighted by molar-refractivity contribution is 5.84. The highest BCUT2D eigenvalue weighted by Crippen LogP contribution is 2.22. The van der Waals surface area contributed by atoms with Gasteiger partial charge in [0, 0.05) is 0 Å². The van der Waals surface area contributed by atoms with Crippen LogP contribution in [0.15, 0.2) is 30.3 Å². The van der Waals surface area contributed by atoms with Crippen molar-refractivity contribution >= 4 is 5.97 Å². The van der Waals surface area contributed by atoms with Crippen molar-refractivity contribution in [1.82, 2.24) is 0 Å².